The average molecular weight is 505 g/mol. The fourth-order valence-electron chi connectivity index (χ4n) is 4.84. The number of likely N-dealkylation sites (tertiary alicyclic amines) is 1. The summed E-state index contributed by atoms with van der Waals surface area (Å²) in [6.45, 7) is 4.16. The van der Waals surface area contributed by atoms with E-state index in [1.165, 1.54) is 22.5 Å². The third-order valence-corrected chi connectivity index (χ3v) is 9.02. The fraction of sp³-hybridized carbons (Fsp3) is 0.440. The highest BCUT2D eigenvalue weighted by Crippen LogP contribution is 2.30. The molecule has 0 spiro atoms. The van der Waals surface area contributed by atoms with Crippen molar-refractivity contribution in [2.75, 3.05) is 13.2 Å². The van der Waals surface area contributed by atoms with E-state index in [2.05, 4.69) is 0 Å². The summed E-state index contributed by atoms with van der Waals surface area (Å²) in [5.74, 6) is -1.01. The molecule has 7 nitrogen and oxygen atoms in total. The maximum atomic E-state index is 13.4. The summed E-state index contributed by atoms with van der Waals surface area (Å²) < 4.78 is 33.4. The van der Waals surface area contributed by atoms with Crippen LogP contribution in [0.25, 0.3) is 0 Å². The highest BCUT2D eigenvalue weighted by atomic mass is 35.5. The van der Waals surface area contributed by atoms with E-state index in [9.17, 15) is 18.0 Å². The van der Waals surface area contributed by atoms with Gasteiger partial charge in [0.15, 0.2) is 6.61 Å². The molecule has 0 radical (unpaired) electrons. The molecular formula is C25H29ClN2O5S. The number of fused-ring (bicyclic) bond motifs is 1. The lowest BCUT2D eigenvalue weighted by Crippen LogP contribution is -2.49. The van der Waals surface area contributed by atoms with Gasteiger partial charge < -0.3 is 9.64 Å². The van der Waals surface area contributed by atoms with Crippen LogP contribution < -0.4 is 0 Å². The number of hydrogen-bond donors (Lipinski definition) is 0. The molecule has 2 aliphatic rings. The molecule has 2 heterocycles. The first-order valence-corrected chi connectivity index (χ1v) is 13.3. The van der Waals surface area contributed by atoms with Gasteiger partial charge in [-0.1, -0.05) is 35.9 Å². The van der Waals surface area contributed by atoms with Crippen LogP contribution in [-0.4, -0.2) is 54.7 Å². The van der Waals surface area contributed by atoms with Crippen LogP contribution in [0.4, 0.5) is 0 Å². The molecule has 1 amide bonds. The van der Waals surface area contributed by atoms with E-state index in [1.807, 2.05) is 38.1 Å². The van der Waals surface area contributed by atoms with E-state index in [4.69, 9.17) is 16.3 Å². The first kappa shape index (κ1) is 24.7. The molecule has 0 aliphatic carbocycles. The Morgan fingerprint density at radius 2 is 1.74 bits per heavy atom. The van der Waals surface area contributed by atoms with E-state index in [1.54, 1.807) is 4.90 Å². The smallest absolute Gasteiger partial charge is 0.338 e. The number of carbonyl (C=O) groups is 2. The number of benzene rings is 2. The van der Waals surface area contributed by atoms with Gasteiger partial charge in [0.25, 0.3) is 5.91 Å². The normalized spacial score (nSPS) is 21.1. The molecule has 0 unspecified atom stereocenters. The number of halogens is 1. The van der Waals surface area contributed by atoms with Gasteiger partial charge in [-0.25, -0.2) is 13.2 Å². The Balaban J connectivity index is 1.48. The first-order chi connectivity index (χ1) is 16.2. The second-order valence-corrected chi connectivity index (χ2v) is 11.3. The number of amides is 1. The Labute approximate surface area is 205 Å². The molecule has 1 fully saturated rings. The molecule has 34 heavy (non-hydrogen) atoms. The van der Waals surface area contributed by atoms with Crippen molar-refractivity contribution in [3.8, 4) is 0 Å². The first-order valence-electron chi connectivity index (χ1n) is 11.5. The maximum Gasteiger partial charge on any atom is 0.338 e. The minimum absolute atomic E-state index is 0.0300. The van der Waals surface area contributed by atoms with Crippen LogP contribution in [0.5, 0.6) is 0 Å². The summed E-state index contributed by atoms with van der Waals surface area (Å²) in [6.07, 6.45) is 3.51. The molecule has 0 saturated carbocycles. The zero-order chi connectivity index (χ0) is 24.5. The number of esters is 1. The van der Waals surface area contributed by atoms with Crippen molar-refractivity contribution in [2.45, 2.75) is 63.1 Å². The average Bonchev–Trinajstić information content (AvgIpc) is 2.82. The number of hydrogen-bond acceptors (Lipinski definition) is 5. The van der Waals surface area contributed by atoms with Crippen LogP contribution in [0.2, 0.25) is 5.02 Å². The van der Waals surface area contributed by atoms with Gasteiger partial charge in [-0.05, 0) is 68.9 Å². The minimum Gasteiger partial charge on any atom is -0.452 e. The zero-order valence-corrected chi connectivity index (χ0v) is 20.9. The van der Waals surface area contributed by atoms with Gasteiger partial charge in [0.2, 0.25) is 10.0 Å². The lowest BCUT2D eigenvalue weighted by atomic mass is 9.97. The van der Waals surface area contributed by atoms with Crippen LogP contribution in [0.15, 0.2) is 47.4 Å². The van der Waals surface area contributed by atoms with Crippen molar-refractivity contribution in [3.63, 3.8) is 0 Å². The van der Waals surface area contributed by atoms with Crippen molar-refractivity contribution < 1.29 is 22.7 Å². The van der Waals surface area contributed by atoms with Gasteiger partial charge >= 0.3 is 5.97 Å². The van der Waals surface area contributed by atoms with Crippen LogP contribution in [0.3, 0.4) is 0 Å². The lowest BCUT2D eigenvalue weighted by molar-refractivity contribution is -0.140. The molecule has 0 N–H and O–H groups in total. The Kier molecular flexibility index (Phi) is 7.31. The molecule has 0 bridgehead atoms. The van der Waals surface area contributed by atoms with Gasteiger partial charge in [-0.2, -0.15) is 4.31 Å². The van der Waals surface area contributed by atoms with Crippen molar-refractivity contribution in [1.29, 1.82) is 0 Å². The number of ether oxygens (including phenoxy) is 1. The largest absolute Gasteiger partial charge is 0.452 e. The van der Waals surface area contributed by atoms with Gasteiger partial charge in [0, 0.05) is 25.2 Å². The van der Waals surface area contributed by atoms with Crippen molar-refractivity contribution in [1.82, 2.24) is 9.21 Å². The van der Waals surface area contributed by atoms with E-state index in [-0.39, 0.29) is 46.6 Å². The number of sulfonamides is 1. The van der Waals surface area contributed by atoms with Crippen LogP contribution >= 0.6 is 11.6 Å². The Bertz CT molecular complexity index is 1190. The molecule has 2 atom stereocenters. The number of carbonyl (C=O) groups excluding carboxylic acids is 2. The Morgan fingerprint density at radius 3 is 2.44 bits per heavy atom. The van der Waals surface area contributed by atoms with Gasteiger partial charge in [-0.15, -0.1) is 0 Å². The van der Waals surface area contributed by atoms with Gasteiger partial charge in [0.05, 0.1) is 10.6 Å². The van der Waals surface area contributed by atoms with Gasteiger partial charge in [-0.3, -0.25) is 4.79 Å². The standard InChI is InChI=1S/C25H29ClN2O5S/c1-17-6-5-7-18(2)28(17)24(29)16-33-25(30)20-10-11-22(26)23(14-20)34(31,32)27-13-12-19-8-3-4-9-21(19)15-27/h3-4,8-11,14,17-18H,5-7,12-13,15-16H2,1-2H3/t17-,18-/m1/s1. The second kappa shape index (κ2) is 10.1. The molecule has 2 aromatic carbocycles. The molecule has 9 heteroatoms. The molecule has 4 rings (SSSR count). The van der Waals surface area contributed by atoms with Crippen molar-refractivity contribution in [3.05, 3.63) is 64.2 Å². The van der Waals surface area contributed by atoms with Crippen LogP contribution in [0, 0.1) is 0 Å². The zero-order valence-electron chi connectivity index (χ0n) is 19.4. The SMILES string of the molecule is C[C@@H]1CCC[C@@H](C)N1C(=O)COC(=O)c1ccc(Cl)c(S(=O)(=O)N2CCc3ccccc3C2)c1. The Hall–Kier alpha value is -2.42. The third kappa shape index (κ3) is 4.99. The Morgan fingerprint density at radius 1 is 1.06 bits per heavy atom. The van der Waals surface area contributed by atoms with Crippen molar-refractivity contribution >= 4 is 33.5 Å². The van der Waals surface area contributed by atoms with E-state index in [0.717, 1.165) is 30.4 Å². The van der Waals surface area contributed by atoms with Gasteiger partial charge in [0.1, 0.15) is 4.90 Å². The molecule has 1 saturated heterocycles. The quantitative estimate of drug-likeness (QED) is 0.574. The number of nitrogens with zero attached hydrogens (tertiary/aromatic N) is 2. The fourth-order valence-corrected chi connectivity index (χ4v) is 6.76. The van der Waals surface area contributed by atoms with E-state index >= 15 is 0 Å². The molecule has 0 aromatic heterocycles. The van der Waals surface area contributed by atoms with Crippen LogP contribution in [0.1, 0.15) is 54.6 Å². The molecule has 182 valence electrons. The topological polar surface area (TPSA) is 84.0 Å². The summed E-state index contributed by atoms with van der Waals surface area (Å²) in [4.78, 5) is 27.0. The predicted molar refractivity (Wildman–Crippen MR) is 129 cm³/mol. The number of piperidine rings is 1. The molecule has 2 aromatic rings. The van der Waals surface area contributed by atoms with E-state index < -0.39 is 16.0 Å². The maximum absolute atomic E-state index is 13.4. The van der Waals surface area contributed by atoms with E-state index in [0.29, 0.717) is 13.0 Å². The molecular weight excluding hydrogens is 476 g/mol. The number of rotatable bonds is 5. The summed E-state index contributed by atoms with van der Waals surface area (Å²) in [5, 5.41) is 0.0300. The highest BCUT2D eigenvalue weighted by molar-refractivity contribution is 7.89. The minimum atomic E-state index is -3.94. The summed E-state index contributed by atoms with van der Waals surface area (Å²) in [6, 6.07) is 11.9. The summed E-state index contributed by atoms with van der Waals surface area (Å²) in [5.41, 5.74) is 2.11. The monoisotopic (exact) mass is 504 g/mol. The summed E-state index contributed by atoms with van der Waals surface area (Å²) >= 11 is 6.25. The lowest BCUT2D eigenvalue weighted by Gasteiger charge is -2.38. The second-order valence-electron chi connectivity index (χ2n) is 9.01. The van der Waals surface area contributed by atoms with Crippen LogP contribution in [-0.2, 0) is 32.5 Å². The summed E-state index contributed by atoms with van der Waals surface area (Å²) in [7, 11) is -3.94. The molecule has 2 aliphatic heterocycles. The third-order valence-electron chi connectivity index (χ3n) is 6.69. The highest BCUT2D eigenvalue weighted by Gasteiger charge is 2.32. The predicted octanol–water partition coefficient (Wildman–Crippen LogP) is 4.03. The van der Waals surface area contributed by atoms with Crippen molar-refractivity contribution in [2.24, 2.45) is 0 Å².